The Morgan fingerprint density at radius 1 is 1.59 bits per heavy atom. The van der Waals surface area contributed by atoms with Gasteiger partial charge in [0.05, 0.1) is 25.5 Å². The van der Waals surface area contributed by atoms with E-state index in [-0.39, 0.29) is 11.7 Å². The summed E-state index contributed by atoms with van der Waals surface area (Å²) in [5, 5.41) is 11.9. The molecule has 0 aliphatic heterocycles. The average molecular weight is 243 g/mol. The normalized spacial score (nSPS) is 12.6. The number of furan rings is 1. The van der Waals surface area contributed by atoms with E-state index in [1.54, 1.807) is 14.2 Å². The van der Waals surface area contributed by atoms with Gasteiger partial charge >= 0.3 is 5.97 Å². The van der Waals surface area contributed by atoms with Crippen LogP contribution < -0.4 is 5.32 Å². The molecule has 1 unspecified atom stereocenters. The van der Waals surface area contributed by atoms with E-state index in [2.05, 4.69) is 5.32 Å². The molecule has 1 atom stereocenters. The summed E-state index contributed by atoms with van der Waals surface area (Å²) in [5.74, 6) is -0.583. The van der Waals surface area contributed by atoms with Crippen molar-refractivity contribution in [3.05, 3.63) is 23.7 Å². The summed E-state index contributed by atoms with van der Waals surface area (Å²) in [7, 11) is 3.20. The lowest BCUT2D eigenvalue weighted by atomic mass is 10.2. The Kier molecular flexibility index (Phi) is 5.68. The highest BCUT2D eigenvalue weighted by molar-refractivity contribution is 5.88. The van der Waals surface area contributed by atoms with Crippen molar-refractivity contribution in [1.82, 2.24) is 5.32 Å². The molecule has 1 aromatic rings. The molecule has 6 nitrogen and oxygen atoms in total. The van der Waals surface area contributed by atoms with Gasteiger partial charge in [0, 0.05) is 20.8 Å². The molecule has 96 valence electrons. The Morgan fingerprint density at radius 2 is 2.35 bits per heavy atom. The molecule has 0 saturated heterocycles. The van der Waals surface area contributed by atoms with Crippen molar-refractivity contribution in [3.63, 3.8) is 0 Å². The van der Waals surface area contributed by atoms with Crippen molar-refractivity contribution in [2.75, 3.05) is 27.4 Å². The van der Waals surface area contributed by atoms with E-state index < -0.39 is 5.97 Å². The molecule has 0 fully saturated rings. The lowest BCUT2D eigenvalue weighted by Gasteiger charge is -2.14. The van der Waals surface area contributed by atoms with Crippen LogP contribution in [-0.4, -0.2) is 44.6 Å². The third kappa shape index (κ3) is 4.18. The molecule has 1 heterocycles. The molecular weight excluding hydrogens is 226 g/mol. The molecule has 0 amide bonds. The van der Waals surface area contributed by atoms with Gasteiger partial charge in [-0.2, -0.15) is 0 Å². The number of ether oxygens (including phenoxy) is 2. The largest absolute Gasteiger partial charge is 0.478 e. The Hall–Kier alpha value is -1.37. The van der Waals surface area contributed by atoms with Gasteiger partial charge in [0.25, 0.3) is 0 Å². The second-order valence-corrected chi connectivity index (χ2v) is 3.51. The van der Waals surface area contributed by atoms with Crippen LogP contribution in [0.3, 0.4) is 0 Å². The summed E-state index contributed by atoms with van der Waals surface area (Å²) in [6.45, 7) is 1.38. The standard InChI is InChI=1S/C11H17NO5/c1-15-7-8(16-2)5-12-6-10-9(11(13)14)3-4-17-10/h3-4,8,12H,5-7H2,1-2H3,(H,13,14). The topological polar surface area (TPSA) is 80.9 Å². The third-order valence-electron chi connectivity index (χ3n) is 2.32. The van der Waals surface area contributed by atoms with Crippen molar-refractivity contribution in [2.45, 2.75) is 12.6 Å². The van der Waals surface area contributed by atoms with E-state index in [9.17, 15) is 4.79 Å². The minimum Gasteiger partial charge on any atom is -0.478 e. The van der Waals surface area contributed by atoms with Crippen molar-refractivity contribution >= 4 is 5.97 Å². The SMILES string of the molecule is COCC(CNCc1occc1C(=O)O)OC. The molecular formula is C11H17NO5. The van der Waals surface area contributed by atoms with E-state index in [0.717, 1.165) is 0 Å². The fourth-order valence-corrected chi connectivity index (χ4v) is 1.41. The Morgan fingerprint density at radius 3 is 2.94 bits per heavy atom. The van der Waals surface area contributed by atoms with Crippen LogP contribution in [0.15, 0.2) is 16.7 Å². The predicted molar refractivity (Wildman–Crippen MR) is 60.0 cm³/mol. The first-order chi connectivity index (χ1) is 8.19. The second kappa shape index (κ2) is 7.05. The van der Waals surface area contributed by atoms with Crippen molar-refractivity contribution in [2.24, 2.45) is 0 Å². The van der Waals surface area contributed by atoms with Gasteiger partial charge in [-0.15, -0.1) is 0 Å². The lowest BCUT2D eigenvalue weighted by Crippen LogP contribution is -2.31. The van der Waals surface area contributed by atoms with Crippen molar-refractivity contribution in [1.29, 1.82) is 0 Å². The highest BCUT2D eigenvalue weighted by Crippen LogP contribution is 2.09. The Balaban J connectivity index is 2.39. The molecule has 2 N–H and O–H groups in total. The van der Waals surface area contributed by atoms with Crippen LogP contribution in [0.1, 0.15) is 16.1 Å². The van der Waals surface area contributed by atoms with Gasteiger partial charge in [0.15, 0.2) is 0 Å². The highest BCUT2D eigenvalue weighted by Gasteiger charge is 2.13. The van der Waals surface area contributed by atoms with Crippen LogP contribution in [0.2, 0.25) is 0 Å². The number of methoxy groups -OCH3 is 2. The fraction of sp³-hybridized carbons (Fsp3) is 0.545. The maximum absolute atomic E-state index is 10.8. The molecule has 17 heavy (non-hydrogen) atoms. The smallest absolute Gasteiger partial charge is 0.339 e. The number of hydrogen-bond donors (Lipinski definition) is 2. The maximum atomic E-state index is 10.8. The molecule has 1 rings (SSSR count). The first-order valence-corrected chi connectivity index (χ1v) is 5.21. The summed E-state index contributed by atoms with van der Waals surface area (Å²) in [6.07, 6.45) is 1.30. The zero-order chi connectivity index (χ0) is 12.7. The van der Waals surface area contributed by atoms with Crippen molar-refractivity contribution in [3.8, 4) is 0 Å². The second-order valence-electron chi connectivity index (χ2n) is 3.51. The molecule has 0 saturated carbocycles. The predicted octanol–water partition coefficient (Wildman–Crippen LogP) is 0.729. The molecule has 0 bridgehead atoms. The van der Waals surface area contributed by atoms with E-state index in [4.69, 9.17) is 19.0 Å². The number of carboxylic acids is 1. The van der Waals surface area contributed by atoms with Gasteiger partial charge in [-0.25, -0.2) is 4.79 Å². The van der Waals surface area contributed by atoms with E-state index in [1.165, 1.54) is 12.3 Å². The van der Waals surface area contributed by atoms with Crippen LogP contribution >= 0.6 is 0 Å². The van der Waals surface area contributed by atoms with Crippen molar-refractivity contribution < 1.29 is 23.8 Å². The summed E-state index contributed by atoms with van der Waals surface area (Å²) < 4.78 is 15.2. The molecule has 0 radical (unpaired) electrons. The number of carboxylic acid groups (broad SMARTS) is 1. The summed E-state index contributed by atoms with van der Waals surface area (Å²) in [4.78, 5) is 10.8. The first kappa shape index (κ1) is 13.7. The van der Waals surface area contributed by atoms with Gasteiger partial charge < -0.3 is 24.3 Å². The van der Waals surface area contributed by atoms with Crippen LogP contribution in [0.4, 0.5) is 0 Å². The van der Waals surface area contributed by atoms with Crippen LogP contribution in [-0.2, 0) is 16.0 Å². The molecule has 0 aromatic carbocycles. The zero-order valence-electron chi connectivity index (χ0n) is 9.93. The van der Waals surface area contributed by atoms with E-state index >= 15 is 0 Å². The number of nitrogens with one attached hydrogen (secondary N) is 1. The highest BCUT2D eigenvalue weighted by atomic mass is 16.5. The van der Waals surface area contributed by atoms with Gasteiger partial charge in [-0.1, -0.05) is 0 Å². The van der Waals surface area contributed by atoms with E-state index in [1.807, 2.05) is 0 Å². The van der Waals surface area contributed by atoms with Gasteiger partial charge in [-0.3, -0.25) is 0 Å². The number of carbonyl (C=O) groups is 1. The third-order valence-corrected chi connectivity index (χ3v) is 2.32. The van der Waals surface area contributed by atoms with Crippen LogP contribution in [0.25, 0.3) is 0 Å². The van der Waals surface area contributed by atoms with Gasteiger partial charge in [0.1, 0.15) is 11.3 Å². The first-order valence-electron chi connectivity index (χ1n) is 5.21. The zero-order valence-corrected chi connectivity index (χ0v) is 9.93. The molecule has 6 heteroatoms. The van der Waals surface area contributed by atoms with Crippen LogP contribution in [0.5, 0.6) is 0 Å². The summed E-state index contributed by atoms with van der Waals surface area (Å²) >= 11 is 0. The number of aromatic carboxylic acids is 1. The molecule has 0 spiro atoms. The fourth-order valence-electron chi connectivity index (χ4n) is 1.41. The number of rotatable bonds is 8. The number of hydrogen-bond acceptors (Lipinski definition) is 5. The molecule has 0 aliphatic rings. The van der Waals surface area contributed by atoms with Gasteiger partial charge in [-0.05, 0) is 6.07 Å². The van der Waals surface area contributed by atoms with Gasteiger partial charge in [0.2, 0.25) is 0 Å². The molecule has 1 aromatic heterocycles. The maximum Gasteiger partial charge on any atom is 0.339 e. The minimum atomic E-state index is -0.990. The monoisotopic (exact) mass is 243 g/mol. The molecule has 0 aliphatic carbocycles. The quantitative estimate of drug-likeness (QED) is 0.700. The van der Waals surface area contributed by atoms with E-state index in [0.29, 0.717) is 25.5 Å². The average Bonchev–Trinajstić information content (AvgIpc) is 2.76. The minimum absolute atomic E-state index is 0.0664. The summed E-state index contributed by atoms with van der Waals surface area (Å²) in [6, 6.07) is 1.43. The Labute approximate surface area is 99.5 Å². The summed E-state index contributed by atoms with van der Waals surface area (Å²) in [5.41, 5.74) is 0.179. The van der Waals surface area contributed by atoms with Crippen LogP contribution in [0, 0.1) is 0 Å². The lowest BCUT2D eigenvalue weighted by molar-refractivity contribution is 0.0285. The Bertz CT molecular complexity index is 349.